The highest BCUT2D eigenvalue weighted by molar-refractivity contribution is 5.66. The van der Waals surface area contributed by atoms with Gasteiger partial charge >= 0.3 is 0 Å². The van der Waals surface area contributed by atoms with Gasteiger partial charge in [-0.25, -0.2) is 19.6 Å². The number of rotatable bonds is 6. The number of benzene rings is 1. The third kappa shape index (κ3) is 3.87. The molecule has 3 aromatic heterocycles. The first kappa shape index (κ1) is 19.2. The Morgan fingerprint density at radius 2 is 1.90 bits per heavy atom. The van der Waals surface area contributed by atoms with Crippen LogP contribution in [0.15, 0.2) is 61.2 Å². The summed E-state index contributed by atoms with van der Waals surface area (Å²) in [5.74, 6) is 2.22. The molecule has 0 atom stereocenters. The van der Waals surface area contributed by atoms with Crippen LogP contribution < -0.4 is 10.5 Å². The van der Waals surface area contributed by atoms with E-state index in [4.69, 9.17) is 10.5 Å². The highest BCUT2D eigenvalue weighted by atomic mass is 16.5. The Labute approximate surface area is 173 Å². The topological polar surface area (TPSA) is 116 Å². The fourth-order valence-electron chi connectivity index (χ4n) is 2.97. The van der Waals surface area contributed by atoms with Gasteiger partial charge in [-0.15, -0.1) is 0 Å². The van der Waals surface area contributed by atoms with Gasteiger partial charge in [-0.05, 0) is 55.8 Å². The summed E-state index contributed by atoms with van der Waals surface area (Å²) in [6.45, 7) is 2.43. The Hall–Kier alpha value is -4.09. The van der Waals surface area contributed by atoms with E-state index in [2.05, 4.69) is 26.1 Å². The summed E-state index contributed by atoms with van der Waals surface area (Å²) in [6, 6.07) is 12.9. The molecular formula is C22H19N7O. The molecule has 3 heterocycles. The average molecular weight is 397 g/mol. The van der Waals surface area contributed by atoms with Gasteiger partial charge in [0.15, 0.2) is 17.4 Å². The maximum atomic E-state index is 9.32. The van der Waals surface area contributed by atoms with Crippen LogP contribution in [-0.4, -0.2) is 31.3 Å². The van der Waals surface area contributed by atoms with Crippen molar-refractivity contribution in [1.82, 2.24) is 24.7 Å². The molecule has 8 nitrogen and oxygen atoms in total. The quantitative estimate of drug-likeness (QED) is 0.531. The average Bonchev–Trinajstić information content (AvgIpc) is 3.15. The van der Waals surface area contributed by atoms with Crippen molar-refractivity contribution in [3.05, 3.63) is 78.0 Å². The maximum Gasteiger partial charge on any atom is 0.168 e. The maximum absolute atomic E-state index is 9.32. The molecule has 0 saturated heterocycles. The molecular weight excluding hydrogens is 378 g/mol. The number of pyridine rings is 1. The van der Waals surface area contributed by atoms with Gasteiger partial charge in [0.25, 0.3) is 0 Å². The molecule has 0 aliphatic heterocycles. The van der Waals surface area contributed by atoms with Crippen LogP contribution in [0.2, 0.25) is 0 Å². The van der Waals surface area contributed by atoms with Crippen molar-refractivity contribution in [1.29, 1.82) is 5.26 Å². The molecule has 0 radical (unpaired) electrons. The number of hydrogen-bond acceptors (Lipinski definition) is 7. The molecule has 1 aromatic carbocycles. The normalized spacial score (nSPS) is 10.6. The van der Waals surface area contributed by atoms with Gasteiger partial charge in [-0.1, -0.05) is 6.07 Å². The Morgan fingerprint density at radius 1 is 1.07 bits per heavy atom. The first-order valence-corrected chi connectivity index (χ1v) is 9.39. The molecule has 0 fully saturated rings. The number of hydrogen-bond donors (Lipinski definition) is 1. The second kappa shape index (κ2) is 8.51. The van der Waals surface area contributed by atoms with Crippen LogP contribution in [-0.2, 0) is 6.42 Å². The zero-order valence-electron chi connectivity index (χ0n) is 16.4. The van der Waals surface area contributed by atoms with E-state index in [0.717, 1.165) is 11.3 Å². The Kier molecular flexibility index (Phi) is 5.46. The number of nitrogens with zero attached hydrogens (tertiary/aromatic N) is 6. The van der Waals surface area contributed by atoms with E-state index in [9.17, 15) is 5.26 Å². The molecule has 0 amide bonds. The van der Waals surface area contributed by atoms with Crippen molar-refractivity contribution in [3.63, 3.8) is 0 Å². The standard InChI is InChI=1S/C22H19N7O/c1-15-20(14-28-29(15)21-4-2-3-9-25-21)30-19-10-16(11-24)5-6-18(19)22-26-12-17(7-8-23)13-27-22/h2-6,9-10,12-14H,7-8,23H2,1H3. The summed E-state index contributed by atoms with van der Waals surface area (Å²) in [7, 11) is 0. The molecule has 4 aromatic rings. The van der Waals surface area contributed by atoms with Gasteiger partial charge in [0.2, 0.25) is 0 Å². The van der Waals surface area contributed by atoms with E-state index in [1.165, 1.54) is 0 Å². The third-order valence-corrected chi connectivity index (χ3v) is 4.54. The lowest BCUT2D eigenvalue weighted by atomic mass is 10.1. The Bertz CT molecular complexity index is 1190. The monoisotopic (exact) mass is 397 g/mol. The first-order valence-electron chi connectivity index (χ1n) is 9.39. The molecule has 0 bridgehead atoms. The molecule has 0 spiro atoms. The number of ether oxygens (including phenoxy) is 1. The van der Waals surface area contributed by atoms with E-state index in [-0.39, 0.29) is 0 Å². The van der Waals surface area contributed by atoms with Crippen molar-refractivity contribution in [3.8, 4) is 34.8 Å². The summed E-state index contributed by atoms with van der Waals surface area (Å²) in [5, 5.41) is 13.7. The Balaban J connectivity index is 1.71. The van der Waals surface area contributed by atoms with Crippen LogP contribution in [0.1, 0.15) is 16.8 Å². The predicted octanol–water partition coefficient (Wildman–Crippen LogP) is 3.20. The third-order valence-electron chi connectivity index (χ3n) is 4.54. The zero-order chi connectivity index (χ0) is 20.9. The highest BCUT2D eigenvalue weighted by Crippen LogP contribution is 2.34. The van der Waals surface area contributed by atoms with Gasteiger partial charge in [0, 0.05) is 18.6 Å². The predicted molar refractivity (Wildman–Crippen MR) is 111 cm³/mol. The minimum Gasteiger partial charge on any atom is -0.453 e. The summed E-state index contributed by atoms with van der Waals surface area (Å²) >= 11 is 0. The summed E-state index contributed by atoms with van der Waals surface area (Å²) in [4.78, 5) is 13.2. The lowest BCUT2D eigenvalue weighted by Gasteiger charge is -2.11. The smallest absolute Gasteiger partial charge is 0.168 e. The summed E-state index contributed by atoms with van der Waals surface area (Å²) in [5.41, 5.74) is 8.49. The van der Waals surface area contributed by atoms with Crippen LogP contribution in [0.5, 0.6) is 11.5 Å². The Morgan fingerprint density at radius 3 is 2.60 bits per heavy atom. The molecule has 0 aliphatic carbocycles. The van der Waals surface area contributed by atoms with Gasteiger partial charge in [-0.2, -0.15) is 10.4 Å². The number of nitrogens with two attached hydrogens (primary N) is 1. The van der Waals surface area contributed by atoms with E-state index in [1.807, 2.05) is 25.1 Å². The molecule has 0 saturated carbocycles. The molecule has 0 unspecified atom stereocenters. The number of aromatic nitrogens is 5. The molecule has 2 N–H and O–H groups in total. The fraction of sp³-hybridized carbons (Fsp3) is 0.136. The van der Waals surface area contributed by atoms with Crippen molar-refractivity contribution >= 4 is 0 Å². The van der Waals surface area contributed by atoms with Gasteiger partial charge in [-0.3, -0.25) is 0 Å². The summed E-state index contributed by atoms with van der Waals surface area (Å²) in [6.07, 6.45) is 7.54. The SMILES string of the molecule is Cc1c(Oc2cc(C#N)ccc2-c2ncc(CCN)cn2)cnn1-c1ccccn1. The van der Waals surface area contributed by atoms with Crippen LogP contribution >= 0.6 is 0 Å². The van der Waals surface area contributed by atoms with Gasteiger partial charge in [0.1, 0.15) is 5.75 Å². The van der Waals surface area contributed by atoms with Crippen molar-refractivity contribution in [2.75, 3.05) is 6.54 Å². The summed E-state index contributed by atoms with van der Waals surface area (Å²) < 4.78 is 7.85. The lowest BCUT2D eigenvalue weighted by molar-refractivity contribution is 0.479. The van der Waals surface area contributed by atoms with Crippen LogP contribution in [0.3, 0.4) is 0 Å². The van der Waals surface area contributed by atoms with Crippen LogP contribution in [0.25, 0.3) is 17.2 Å². The van der Waals surface area contributed by atoms with E-state index in [1.54, 1.807) is 47.7 Å². The highest BCUT2D eigenvalue weighted by Gasteiger charge is 2.16. The van der Waals surface area contributed by atoms with Gasteiger partial charge in [0.05, 0.1) is 29.1 Å². The van der Waals surface area contributed by atoms with E-state index < -0.39 is 0 Å². The van der Waals surface area contributed by atoms with E-state index in [0.29, 0.717) is 47.2 Å². The van der Waals surface area contributed by atoms with Crippen LogP contribution in [0.4, 0.5) is 0 Å². The largest absolute Gasteiger partial charge is 0.453 e. The van der Waals surface area contributed by atoms with Crippen LogP contribution in [0, 0.1) is 18.3 Å². The zero-order valence-corrected chi connectivity index (χ0v) is 16.4. The number of nitriles is 1. The fourth-order valence-corrected chi connectivity index (χ4v) is 2.97. The van der Waals surface area contributed by atoms with Gasteiger partial charge < -0.3 is 10.5 Å². The van der Waals surface area contributed by atoms with Crippen molar-refractivity contribution in [2.24, 2.45) is 5.73 Å². The minimum atomic E-state index is 0.475. The molecule has 8 heteroatoms. The van der Waals surface area contributed by atoms with Crippen molar-refractivity contribution < 1.29 is 4.74 Å². The minimum absolute atomic E-state index is 0.475. The molecule has 4 rings (SSSR count). The van der Waals surface area contributed by atoms with E-state index >= 15 is 0 Å². The lowest BCUT2D eigenvalue weighted by Crippen LogP contribution is -2.04. The first-order chi connectivity index (χ1) is 14.7. The molecule has 148 valence electrons. The molecule has 30 heavy (non-hydrogen) atoms. The second-order valence-corrected chi connectivity index (χ2v) is 6.57. The molecule has 0 aliphatic rings. The second-order valence-electron chi connectivity index (χ2n) is 6.57. The van der Waals surface area contributed by atoms with Crippen molar-refractivity contribution in [2.45, 2.75) is 13.3 Å².